The molecule has 1 heterocycles. The van der Waals surface area contributed by atoms with Crippen molar-refractivity contribution in [3.05, 3.63) is 0 Å². The van der Waals surface area contributed by atoms with Gasteiger partial charge in [0.05, 0.1) is 0 Å². The van der Waals surface area contributed by atoms with Crippen molar-refractivity contribution in [3.8, 4) is 0 Å². The third kappa shape index (κ3) is 17.1. The SMILES string of the molecule is C1CSCCSCCS1.Cl[As](Cl)Cl. The molecule has 0 saturated carbocycles. The first-order chi connectivity index (χ1) is 6.23. The fourth-order valence-corrected chi connectivity index (χ4v) is 4.10. The van der Waals surface area contributed by atoms with Gasteiger partial charge in [-0.05, 0) is 0 Å². The van der Waals surface area contributed by atoms with Crippen LogP contribution in [0.3, 0.4) is 0 Å². The van der Waals surface area contributed by atoms with Gasteiger partial charge >= 0.3 is 41.7 Å². The summed E-state index contributed by atoms with van der Waals surface area (Å²) in [4.78, 5) is 0. The molecule has 0 aromatic rings. The Kier molecular flexibility index (Phi) is 14.9. The fraction of sp³-hybridized carbons (Fsp3) is 1.00. The summed E-state index contributed by atoms with van der Waals surface area (Å²) in [6, 6.07) is 0. The summed E-state index contributed by atoms with van der Waals surface area (Å²) < 4.78 is 0. The van der Waals surface area contributed by atoms with Crippen molar-refractivity contribution in [2.75, 3.05) is 34.5 Å². The van der Waals surface area contributed by atoms with Crippen molar-refractivity contribution in [1.29, 1.82) is 0 Å². The Morgan fingerprint density at radius 2 is 0.769 bits per heavy atom. The third-order valence-electron chi connectivity index (χ3n) is 1.12. The van der Waals surface area contributed by atoms with E-state index < -0.39 is 11.8 Å². The predicted molar refractivity (Wildman–Crippen MR) is 75.3 cm³/mol. The van der Waals surface area contributed by atoms with Crippen LogP contribution in [0.1, 0.15) is 0 Å². The van der Waals surface area contributed by atoms with E-state index in [9.17, 15) is 0 Å². The molecule has 0 nitrogen and oxygen atoms in total. The molecule has 7 heteroatoms. The molecule has 1 fully saturated rings. The Morgan fingerprint density at radius 1 is 0.615 bits per heavy atom. The number of halogens is 3. The van der Waals surface area contributed by atoms with Crippen LogP contribution >= 0.6 is 65.1 Å². The molecule has 1 rings (SSSR count). The molecular weight excluding hydrogens is 350 g/mol. The molecule has 80 valence electrons. The summed E-state index contributed by atoms with van der Waals surface area (Å²) in [6.45, 7) is 0. The molecule has 1 aliphatic rings. The zero-order valence-electron chi connectivity index (χ0n) is 7.05. The molecule has 0 unspecified atom stereocenters. The van der Waals surface area contributed by atoms with Crippen molar-refractivity contribution in [2.45, 2.75) is 0 Å². The summed E-state index contributed by atoms with van der Waals surface area (Å²) in [6.07, 6.45) is 0. The second kappa shape index (κ2) is 12.5. The van der Waals surface area contributed by atoms with E-state index >= 15 is 0 Å². The quantitative estimate of drug-likeness (QED) is 0.601. The zero-order chi connectivity index (χ0) is 9.94. The molecule has 0 atom stereocenters. The minimum atomic E-state index is -1.77. The Bertz CT molecular complexity index is 75.8. The van der Waals surface area contributed by atoms with Gasteiger partial charge in [0.1, 0.15) is 0 Å². The Morgan fingerprint density at radius 3 is 0.923 bits per heavy atom. The monoisotopic (exact) mass is 360 g/mol. The predicted octanol–water partition coefficient (Wildman–Crippen LogP) is 3.89. The summed E-state index contributed by atoms with van der Waals surface area (Å²) in [5, 5.41) is 0. The molecule has 0 amide bonds. The Labute approximate surface area is 110 Å². The van der Waals surface area contributed by atoms with Crippen LogP contribution < -0.4 is 0 Å². The van der Waals surface area contributed by atoms with Crippen LogP contribution in [0.2, 0.25) is 0 Å². The number of hydrogen-bond donors (Lipinski definition) is 0. The van der Waals surface area contributed by atoms with Gasteiger partial charge in [0, 0.05) is 34.5 Å². The van der Waals surface area contributed by atoms with Crippen molar-refractivity contribution in [1.82, 2.24) is 0 Å². The summed E-state index contributed by atoms with van der Waals surface area (Å²) >= 11 is 4.53. The molecule has 0 spiro atoms. The number of hydrogen-bond acceptors (Lipinski definition) is 3. The van der Waals surface area contributed by atoms with Crippen LogP contribution in [0, 0.1) is 0 Å². The molecule has 0 N–H and O–H groups in total. The third-order valence-corrected chi connectivity index (χ3v) is 4.85. The summed E-state index contributed by atoms with van der Waals surface area (Å²) in [5.74, 6) is 8.20. The maximum atomic E-state index is 4.95. The van der Waals surface area contributed by atoms with E-state index in [4.69, 9.17) is 29.8 Å². The molecule has 0 aromatic carbocycles. The number of rotatable bonds is 0. The van der Waals surface area contributed by atoms with Crippen molar-refractivity contribution < 1.29 is 0 Å². The maximum absolute atomic E-state index is 4.95. The first kappa shape index (κ1) is 15.5. The van der Waals surface area contributed by atoms with E-state index in [0.29, 0.717) is 0 Å². The molecule has 0 aromatic heterocycles. The van der Waals surface area contributed by atoms with Crippen LogP contribution in [-0.4, -0.2) is 46.3 Å². The van der Waals surface area contributed by atoms with Gasteiger partial charge < -0.3 is 0 Å². The molecule has 1 saturated heterocycles. The summed E-state index contributed by atoms with van der Waals surface area (Å²) in [7, 11) is 14.9. The molecule has 0 bridgehead atoms. The second-order valence-corrected chi connectivity index (χ2v) is 14.5. The average molecular weight is 362 g/mol. The van der Waals surface area contributed by atoms with Crippen LogP contribution in [-0.2, 0) is 0 Å². The van der Waals surface area contributed by atoms with Gasteiger partial charge in [0.25, 0.3) is 0 Å². The van der Waals surface area contributed by atoms with E-state index in [-0.39, 0.29) is 0 Å². The second-order valence-electron chi connectivity index (χ2n) is 2.03. The van der Waals surface area contributed by atoms with Gasteiger partial charge in [-0.2, -0.15) is 35.3 Å². The van der Waals surface area contributed by atoms with E-state index in [1.807, 2.05) is 0 Å². The van der Waals surface area contributed by atoms with Gasteiger partial charge in [-0.25, -0.2) is 0 Å². The van der Waals surface area contributed by atoms with Crippen LogP contribution in [0.5, 0.6) is 0 Å². The molecular formula is C6H12AsCl3S3. The van der Waals surface area contributed by atoms with Gasteiger partial charge in [-0.3, -0.25) is 0 Å². The first-order valence-corrected chi connectivity index (χ1v) is 14.6. The molecule has 1 aliphatic heterocycles. The van der Waals surface area contributed by atoms with Crippen LogP contribution in [0.4, 0.5) is 0 Å². The van der Waals surface area contributed by atoms with E-state index in [1.165, 1.54) is 34.5 Å². The zero-order valence-corrected chi connectivity index (χ0v) is 13.6. The van der Waals surface area contributed by atoms with Crippen molar-refractivity contribution in [2.24, 2.45) is 0 Å². The Hall–Kier alpha value is 2.48. The fourth-order valence-electron chi connectivity index (χ4n) is 0.660. The van der Waals surface area contributed by atoms with Gasteiger partial charge in [-0.1, -0.05) is 0 Å². The van der Waals surface area contributed by atoms with Crippen molar-refractivity contribution in [3.63, 3.8) is 0 Å². The molecule has 13 heavy (non-hydrogen) atoms. The van der Waals surface area contributed by atoms with E-state index in [0.717, 1.165) is 0 Å². The van der Waals surface area contributed by atoms with Crippen LogP contribution in [0.25, 0.3) is 0 Å². The van der Waals surface area contributed by atoms with E-state index in [1.54, 1.807) is 0 Å². The first-order valence-electron chi connectivity index (χ1n) is 3.74. The Balaban J connectivity index is 0.000000310. The van der Waals surface area contributed by atoms with Gasteiger partial charge in [0.15, 0.2) is 0 Å². The van der Waals surface area contributed by atoms with Crippen LogP contribution in [0.15, 0.2) is 0 Å². The standard InChI is InChI=1S/C6H12S3.AsCl3/c1-2-8-5-6-9-4-3-7-1;2-1(3)4/h1-6H2;. The average Bonchev–Trinajstić information content (AvgIpc) is 2.16. The topological polar surface area (TPSA) is 0 Å². The van der Waals surface area contributed by atoms with E-state index in [2.05, 4.69) is 35.3 Å². The van der Waals surface area contributed by atoms with Crippen molar-refractivity contribution >= 4 is 77.0 Å². The summed E-state index contributed by atoms with van der Waals surface area (Å²) in [5.41, 5.74) is 0. The van der Waals surface area contributed by atoms with Gasteiger partial charge in [-0.15, -0.1) is 0 Å². The normalized spacial score (nSPS) is 19.4. The number of thioether (sulfide) groups is 3. The molecule has 0 radical (unpaired) electrons. The van der Waals surface area contributed by atoms with Gasteiger partial charge in [0.2, 0.25) is 0 Å². The minimum absolute atomic E-state index is 1.37. The molecule has 0 aliphatic carbocycles.